The Morgan fingerprint density at radius 2 is 1.60 bits per heavy atom. The number of hydrogen-bond donors (Lipinski definition) is 1. The van der Waals surface area contributed by atoms with Crippen molar-refractivity contribution in [3.8, 4) is 17.2 Å². The Morgan fingerprint density at radius 3 is 2.20 bits per heavy atom. The van der Waals surface area contributed by atoms with Gasteiger partial charge in [-0.1, -0.05) is 34.8 Å². The van der Waals surface area contributed by atoms with Crippen molar-refractivity contribution < 1.29 is 19.0 Å². The topological polar surface area (TPSA) is 56.8 Å². The minimum atomic E-state index is -0.816. The van der Waals surface area contributed by atoms with Gasteiger partial charge in [-0.05, 0) is 31.2 Å². The molecule has 0 spiro atoms. The van der Waals surface area contributed by atoms with Crippen molar-refractivity contribution >= 4 is 46.4 Å². The molecule has 0 bridgehead atoms. The molecule has 25 heavy (non-hydrogen) atoms. The maximum atomic E-state index is 12.4. The Morgan fingerprint density at radius 1 is 0.960 bits per heavy atom. The van der Waals surface area contributed by atoms with Crippen LogP contribution in [0.4, 0.5) is 5.69 Å². The van der Waals surface area contributed by atoms with Gasteiger partial charge in [0.2, 0.25) is 0 Å². The van der Waals surface area contributed by atoms with Crippen LogP contribution in [0.2, 0.25) is 15.1 Å². The average Bonchev–Trinajstić information content (AvgIpc) is 2.57. The Bertz CT molecular complexity index is 783. The number of carbonyl (C=O) groups excluding carboxylic acids is 1. The highest BCUT2D eigenvalue weighted by molar-refractivity contribution is 6.35. The molecular weight excluding hydrogens is 389 g/mol. The van der Waals surface area contributed by atoms with Gasteiger partial charge in [-0.25, -0.2) is 0 Å². The molecule has 0 aromatic heterocycles. The Kier molecular flexibility index (Phi) is 6.64. The van der Waals surface area contributed by atoms with Crippen LogP contribution in [0, 0.1) is 0 Å². The van der Waals surface area contributed by atoms with E-state index in [2.05, 4.69) is 5.32 Å². The number of amides is 1. The standard InChI is InChI=1S/C17H16Cl3NO4/c1-9(25-14-5-4-10(18)6-11(14)19)17(22)21-13-7-12(20)15(23-2)8-16(13)24-3/h4-9H,1-3H3,(H,21,22). The highest BCUT2D eigenvalue weighted by Crippen LogP contribution is 2.36. The Labute approximate surface area is 160 Å². The minimum absolute atomic E-state index is 0.317. The number of nitrogens with one attached hydrogen (secondary N) is 1. The van der Waals surface area contributed by atoms with Crippen molar-refractivity contribution in [2.75, 3.05) is 19.5 Å². The summed E-state index contributed by atoms with van der Waals surface area (Å²) in [6, 6.07) is 7.88. The zero-order valence-electron chi connectivity index (χ0n) is 13.7. The highest BCUT2D eigenvalue weighted by Gasteiger charge is 2.19. The predicted molar refractivity (Wildman–Crippen MR) is 99.7 cm³/mol. The van der Waals surface area contributed by atoms with E-state index in [0.717, 1.165) is 0 Å². The molecule has 2 rings (SSSR count). The van der Waals surface area contributed by atoms with Crippen LogP contribution in [0.25, 0.3) is 0 Å². The van der Waals surface area contributed by atoms with E-state index in [1.165, 1.54) is 20.3 Å². The van der Waals surface area contributed by atoms with Crippen LogP contribution in [-0.2, 0) is 4.79 Å². The summed E-state index contributed by atoms with van der Waals surface area (Å²) in [7, 11) is 2.97. The van der Waals surface area contributed by atoms with Gasteiger partial charge in [0.25, 0.3) is 5.91 Å². The third kappa shape index (κ3) is 4.84. The molecule has 2 aromatic carbocycles. The minimum Gasteiger partial charge on any atom is -0.495 e. The van der Waals surface area contributed by atoms with E-state index in [-0.39, 0.29) is 0 Å². The van der Waals surface area contributed by atoms with Crippen LogP contribution < -0.4 is 19.5 Å². The molecule has 134 valence electrons. The van der Waals surface area contributed by atoms with Gasteiger partial charge in [0.1, 0.15) is 17.2 Å². The lowest BCUT2D eigenvalue weighted by Gasteiger charge is -2.17. The van der Waals surface area contributed by atoms with Gasteiger partial charge in [-0.3, -0.25) is 4.79 Å². The highest BCUT2D eigenvalue weighted by atomic mass is 35.5. The van der Waals surface area contributed by atoms with Crippen molar-refractivity contribution in [1.82, 2.24) is 0 Å². The summed E-state index contributed by atoms with van der Waals surface area (Å²) in [4.78, 5) is 12.4. The van der Waals surface area contributed by atoms with E-state index in [4.69, 9.17) is 49.0 Å². The average molecular weight is 405 g/mol. The first kappa shape index (κ1) is 19.5. The first-order valence-corrected chi connectivity index (χ1v) is 8.33. The lowest BCUT2D eigenvalue weighted by Crippen LogP contribution is -2.30. The normalized spacial score (nSPS) is 11.6. The first-order chi connectivity index (χ1) is 11.8. The van der Waals surface area contributed by atoms with E-state index >= 15 is 0 Å². The molecule has 1 amide bonds. The second kappa shape index (κ2) is 8.52. The molecule has 0 saturated heterocycles. The molecule has 0 aliphatic rings. The Balaban J connectivity index is 2.14. The van der Waals surface area contributed by atoms with Crippen molar-refractivity contribution in [3.05, 3.63) is 45.4 Å². The smallest absolute Gasteiger partial charge is 0.265 e. The molecule has 1 unspecified atom stereocenters. The molecule has 5 nitrogen and oxygen atoms in total. The second-order valence-electron chi connectivity index (χ2n) is 5.01. The first-order valence-electron chi connectivity index (χ1n) is 7.19. The monoisotopic (exact) mass is 403 g/mol. The van der Waals surface area contributed by atoms with Crippen LogP contribution in [0.15, 0.2) is 30.3 Å². The molecule has 8 heteroatoms. The molecule has 0 aliphatic carbocycles. The lowest BCUT2D eigenvalue weighted by molar-refractivity contribution is -0.122. The molecule has 0 aliphatic heterocycles. The zero-order chi connectivity index (χ0) is 18.6. The summed E-state index contributed by atoms with van der Waals surface area (Å²) in [6.07, 6.45) is -0.816. The van der Waals surface area contributed by atoms with Crippen LogP contribution in [0.5, 0.6) is 17.2 Å². The van der Waals surface area contributed by atoms with Crippen LogP contribution in [0.1, 0.15) is 6.92 Å². The van der Waals surface area contributed by atoms with E-state index < -0.39 is 12.0 Å². The fourth-order valence-corrected chi connectivity index (χ4v) is 2.70. The van der Waals surface area contributed by atoms with Gasteiger partial charge in [0.05, 0.1) is 30.0 Å². The largest absolute Gasteiger partial charge is 0.495 e. The van der Waals surface area contributed by atoms with Crippen molar-refractivity contribution in [1.29, 1.82) is 0 Å². The van der Waals surface area contributed by atoms with E-state index in [1.807, 2.05) is 0 Å². The van der Waals surface area contributed by atoms with Crippen LogP contribution >= 0.6 is 34.8 Å². The molecule has 2 aromatic rings. The summed E-state index contributed by atoms with van der Waals surface area (Å²) >= 11 is 18.0. The predicted octanol–water partition coefficient (Wildman–Crippen LogP) is 5.07. The van der Waals surface area contributed by atoms with Gasteiger partial charge < -0.3 is 19.5 Å². The molecule has 1 atom stereocenters. The van der Waals surface area contributed by atoms with Crippen molar-refractivity contribution in [3.63, 3.8) is 0 Å². The Hall–Kier alpha value is -1.82. The van der Waals surface area contributed by atoms with Gasteiger partial charge in [-0.2, -0.15) is 0 Å². The van der Waals surface area contributed by atoms with E-state index in [0.29, 0.717) is 38.0 Å². The summed E-state index contributed by atoms with van der Waals surface area (Å²) in [5.74, 6) is 0.805. The number of rotatable bonds is 6. The van der Waals surface area contributed by atoms with Gasteiger partial charge >= 0.3 is 0 Å². The quantitative estimate of drug-likeness (QED) is 0.730. The van der Waals surface area contributed by atoms with Gasteiger partial charge in [-0.15, -0.1) is 0 Å². The number of ether oxygens (including phenoxy) is 3. The maximum absolute atomic E-state index is 12.4. The third-order valence-corrected chi connectivity index (χ3v) is 4.12. The van der Waals surface area contributed by atoms with Crippen molar-refractivity contribution in [2.45, 2.75) is 13.0 Å². The fourth-order valence-electron chi connectivity index (χ4n) is 2.01. The molecule has 0 heterocycles. The number of benzene rings is 2. The molecule has 0 fully saturated rings. The number of anilines is 1. The maximum Gasteiger partial charge on any atom is 0.265 e. The molecular formula is C17H16Cl3NO4. The van der Waals surface area contributed by atoms with Gasteiger partial charge in [0.15, 0.2) is 6.10 Å². The molecule has 0 saturated carbocycles. The fraction of sp³-hybridized carbons (Fsp3) is 0.235. The summed E-state index contributed by atoms with van der Waals surface area (Å²) in [6.45, 7) is 1.60. The van der Waals surface area contributed by atoms with Crippen molar-refractivity contribution in [2.24, 2.45) is 0 Å². The van der Waals surface area contributed by atoms with Crippen LogP contribution in [-0.4, -0.2) is 26.2 Å². The lowest BCUT2D eigenvalue weighted by atomic mass is 10.2. The SMILES string of the molecule is COc1cc(OC)c(NC(=O)C(C)Oc2ccc(Cl)cc2Cl)cc1Cl. The number of halogens is 3. The third-order valence-electron chi connectivity index (χ3n) is 3.30. The van der Waals surface area contributed by atoms with E-state index in [9.17, 15) is 4.79 Å². The molecule has 0 radical (unpaired) electrons. The number of carbonyl (C=O) groups is 1. The number of hydrogen-bond acceptors (Lipinski definition) is 4. The summed E-state index contributed by atoms with van der Waals surface area (Å²) in [5, 5.41) is 3.84. The summed E-state index contributed by atoms with van der Waals surface area (Å²) < 4.78 is 15.9. The second-order valence-corrected chi connectivity index (χ2v) is 6.26. The number of methoxy groups -OCH3 is 2. The van der Waals surface area contributed by atoms with Gasteiger partial charge in [0, 0.05) is 11.1 Å². The van der Waals surface area contributed by atoms with Crippen LogP contribution in [0.3, 0.4) is 0 Å². The van der Waals surface area contributed by atoms with E-state index in [1.54, 1.807) is 31.2 Å². The summed E-state index contributed by atoms with van der Waals surface area (Å²) in [5.41, 5.74) is 0.399. The molecule has 1 N–H and O–H groups in total. The zero-order valence-corrected chi connectivity index (χ0v) is 16.0.